The van der Waals surface area contributed by atoms with Crippen LogP contribution in [0.15, 0.2) is 146 Å². The van der Waals surface area contributed by atoms with Crippen LogP contribution in [0.25, 0.3) is 75.6 Å². The van der Waals surface area contributed by atoms with E-state index in [9.17, 15) is 0 Å². The third-order valence-corrected chi connectivity index (χ3v) is 9.92. The highest BCUT2D eigenvalue weighted by molar-refractivity contribution is 14.1. The Balaban J connectivity index is 1.10. The van der Waals surface area contributed by atoms with Crippen molar-refractivity contribution in [1.82, 2.24) is 4.98 Å². The van der Waals surface area contributed by atoms with Crippen molar-refractivity contribution in [2.24, 2.45) is 0 Å². The van der Waals surface area contributed by atoms with Gasteiger partial charge in [0.25, 0.3) is 0 Å². The highest BCUT2D eigenvalue weighted by Gasteiger charge is 2.11. The van der Waals surface area contributed by atoms with Gasteiger partial charge in [0.1, 0.15) is 4.83 Å². The minimum Gasteiger partial charge on any atom is -0.245 e. The van der Waals surface area contributed by atoms with Gasteiger partial charge in [-0.2, -0.15) is 0 Å². The molecule has 3 heteroatoms. The molecule has 0 amide bonds. The fourth-order valence-corrected chi connectivity index (χ4v) is 7.34. The summed E-state index contributed by atoms with van der Waals surface area (Å²) in [5.74, 6) is 0. The predicted octanol–water partition coefficient (Wildman–Crippen LogP) is 11.9. The largest absolute Gasteiger partial charge is 0.245 e. The predicted molar refractivity (Wildman–Crippen MR) is 189 cm³/mol. The summed E-state index contributed by atoms with van der Waals surface area (Å²) >= 11 is 4.12. The number of halogens is 1. The Morgan fingerprint density at radius 1 is 0.452 bits per heavy atom. The van der Waals surface area contributed by atoms with Gasteiger partial charge in [0.15, 0.2) is 0 Å². The molecule has 8 rings (SSSR count). The standard InChI is InChI=1S/C39H24INS/c40-34-20-18-26(19-21-34)25-6-8-27(9-7-25)31-16-12-29-13-17-32(24-33(29)23-31)28-10-14-30(15-11-28)35-3-1-4-36-37-5-2-22-41-39(37)42-38(35)36/h1-24H. The maximum absolute atomic E-state index is 4.59. The van der Waals surface area contributed by atoms with Gasteiger partial charge >= 0.3 is 0 Å². The van der Waals surface area contributed by atoms with Crippen LogP contribution >= 0.6 is 33.9 Å². The zero-order valence-electron chi connectivity index (χ0n) is 22.6. The summed E-state index contributed by atoms with van der Waals surface area (Å²) in [6, 6.07) is 50.8. The van der Waals surface area contributed by atoms with Gasteiger partial charge in [0.05, 0.1) is 0 Å². The first-order valence-corrected chi connectivity index (χ1v) is 15.9. The molecule has 0 N–H and O–H groups in total. The fraction of sp³-hybridized carbons (Fsp3) is 0. The first-order valence-electron chi connectivity index (χ1n) is 14.0. The highest BCUT2D eigenvalue weighted by atomic mass is 127. The van der Waals surface area contributed by atoms with E-state index in [0.29, 0.717) is 0 Å². The second kappa shape index (κ2) is 10.5. The summed E-state index contributed by atoms with van der Waals surface area (Å²) in [5.41, 5.74) is 9.88. The SMILES string of the molecule is Ic1ccc(-c2ccc(-c3ccc4ccc(-c5ccc(-c6cccc7c6sc6ncccc67)cc5)cc4c3)cc2)cc1. The van der Waals surface area contributed by atoms with Crippen LogP contribution in [0.3, 0.4) is 0 Å². The smallest absolute Gasteiger partial charge is 0.124 e. The lowest BCUT2D eigenvalue weighted by atomic mass is 9.95. The third kappa shape index (κ3) is 4.59. The number of aromatic nitrogens is 1. The van der Waals surface area contributed by atoms with Crippen LogP contribution in [-0.4, -0.2) is 4.98 Å². The van der Waals surface area contributed by atoms with Crippen molar-refractivity contribution in [1.29, 1.82) is 0 Å². The quantitative estimate of drug-likeness (QED) is 0.171. The summed E-state index contributed by atoms with van der Waals surface area (Å²) in [7, 11) is 0. The Labute approximate surface area is 262 Å². The van der Waals surface area contributed by atoms with Crippen LogP contribution in [0.4, 0.5) is 0 Å². The van der Waals surface area contributed by atoms with Crippen LogP contribution in [-0.2, 0) is 0 Å². The first kappa shape index (κ1) is 25.4. The molecule has 0 saturated heterocycles. The van der Waals surface area contributed by atoms with E-state index in [2.05, 4.69) is 161 Å². The number of rotatable bonds is 4. The van der Waals surface area contributed by atoms with E-state index in [1.54, 1.807) is 11.3 Å². The minimum absolute atomic E-state index is 1.09. The van der Waals surface area contributed by atoms with Crippen LogP contribution < -0.4 is 0 Å². The molecule has 6 aromatic carbocycles. The summed E-state index contributed by atoms with van der Waals surface area (Å²) < 4.78 is 2.55. The maximum Gasteiger partial charge on any atom is 0.124 e. The molecule has 0 aliphatic carbocycles. The third-order valence-electron chi connectivity index (χ3n) is 8.04. The van der Waals surface area contributed by atoms with E-state index in [4.69, 9.17) is 0 Å². The van der Waals surface area contributed by atoms with E-state index in [1.165, 1.54) is 74.3 Å². The maximum atomic E-state index is 4.59. The highest BCUT2D eigenvalue weighted by Crippen LogP contribution is 2.39. The molecule has 0 aliphatic heterocycles. The minimum atomic E-state index is 1.09. The Morgan fingerprint density at radius 3 is 1.62 bits per heavy atom. The topological polar surface area (TPSA) is 12.9 Å². The summed E-state index contributed by atoms with van der Waals surface area (Å²) in [6.45, 7) is 0. The molecule has 0 spiro atoms. The lowest BCUT2D eigenvalue weighted by Crippen LogP contribution is -1.84. The van der Waals surface area contributed by atoms with Crippen LogP contribution in [0.1, 0.15) is 0 Å². The fourth-order valence-electron chi connectivity index (χ4n) is 5.81. The van der Waals surface area contributed by atoms with Crippen molar-refractivity contribution in [2.45, 2.75) is 0 Å². The van der Waals surface area contributed by atoms with Crippen LogP contribution in [0.5, 0.6) is 0 Å². The van der Waals surface area contributed by atoms with Gasteiger partial charge in [0, 0.05) is 25.2 Å². The number of hydrogen-bond donors (Lipinski definition) is 0. The summed E-state index contributed by atoms with van der Waals surface area (Å²) in [6.07, 6.45) is 1.88. The molecule has 0 fully saturated rings. The van der Waals surface area contributed by atoms with Gasteiger partial charge in [-0.1, -0.05) is 103 Å². The molecular weight excluding hydrogens is 641 g/mol. The van der Waals surface area contributed by atoms with Crippen LogP contribution in [0.2, 0.25) is 0 Å². The van der Waals surface area contributed by atoms with Crippen molar-refractivity contribution in [2.75, 3.05) is 0 Å². The molecule has 198 valence electrons. The zero-order chi connectivity index (χ0) is 28.0. The monoisotopic (exact) mass is 665 g/mol. The Kier molecular flexibility index (Phi) is 6.35. The number of hydrogen-bond acceptors (Lipinski definition) is 2. The Bertz CT molecular complexity index is 2230. The van der Waals surface area contributed by atoms with Gasteiger partial charge in [-0.25, -0.2) is 4.98 Å². The summed E-state index contributed by atoms with van der Waals surface area (Å²) in [4.78, 5) is 5.69. The molecular formula is C39H24INS. The molecule has 0 bridgehead atoms. The zero-order valence-corrected chi connectivity index (χ0v) is 25.6. The van der Waals surface area contributed by atoms with Gasteiger partial charge in [-0.3, -0.25) is 0 Å². The van der Waals surface area contributed by atoms with E-state index in [0.717, 1.165) is 4.83 Å². The van der Waals surface area contributed by atoms with Crippen molar-refractivity contribution >= 4 is 65.0 Å². The second-order valence-corrected chi connectivity index (χ2v) is 12.8. The molecule has 0 aliphatic rings. The Hall–Kier alpha value is -4.32. The number of pyridine rings is 1. The number of thiophene rings is 1. The summed E-state index contributed by atoms with van der Waals surface area (Å²) in [5, 5.41) is 5.01. The van der Waals surface area contributed by atoms with Gasteiger partial charge in [-0.15, -0.1) is 11.3 Å². The van der Waals surface area contributed by atoms with E-state index < -0.39 is 0 Å². The average molecular weight is 666 g/mol. The van der Waals surface area contributed by atoms with E-state index >= 15 is 0 Å². The van der Waals surface area contributed by atoms with Gasteiger partial charge in [-0.05, 0) is 114 Å². The molecule has 2 heterocycles. The van der Waals surface area contributed by atoms with Gasteiger partial charge in [0.2, 0.25) is 0 Å². The molecule has 0 unspecified atom stereocenters. The lowest BCUT2D eigenvalue weighted by Gasteiger charge is -2.09. The van der Waals surface area contributed by atoms with Crippen molar-refractivity contribution in [3.05, 3.63) is 149 Å². The van der Waals surface area contributed by atoms with E-state index in [1.807, 2.05) is 12.3 Å². The molecule has 0 atom stereocenters. The number of fused-ring (bicyclic) bond motifs is 4. The van der Waals surface area contributed by atoms with Gasteiger partial charge < -0.3 is 0 Å². The second-order valence-electron chi connectivity index (χ2n) is 10.6. The average Bonchev–Trinajstić information content (AvgIpc) is 3.44. The first-order chi connectivity index (χ1) is 20.7. The molecule has 8 aromatic rings. The molecule has 2 aromatic heterocycles. The Morgan fingerprint density at radius 2 is 0.976 bits per heavy atom. The molecule has 42 heavy (non-hydrogen) atoms. The normalized spacial score (nSPS) is 11.5. The van der Waals surface area contributed by atoms with Crippen molar-refractivity contribution < 1.29 is 0 Å². The van der Waals surface area contributed by atoms with Crippen molar-refractivity contribution in [3.8, 4) is 44.5 Å². The van der Waals surface area contributed by atoms with E-state index in [-0.39, 0.29) is 0 Å². The molecule has 0 radical (unpaired) electrons. The lowest BCUT2D eigenvalue weighted by molar-refractivity contribution is 1.45. The molecule has 0 saturated carbocycles. The van der Waals surface area contributed by atoms with Crippen molar-refractivity contribution in [3.63, 3.8) is 0 Å². The number of benzene rings is 6. The van der Waals surface area contributed by atoms with Crippen LogP contribution in [0, 0.1) is 3.57 Å². The number of nitrogens with zero attached hydrogens (tertiary/aromatic N) is 1. The molecule has 1 nitrogen and oxygen atoms in total.